The summed E-state index contributed by atoms with van der Waals surface area (Å²) in [7, 11) is 1.85. The zero-order valence-electron chi connectivity index (χ0n) is 10.7. The van der Waals surface area contributed by atoms with Crippen molar-refractivity contribution in [2.75, 3.05) is 20.1 Å². The summed E-state index contributed by atoms with van der Waals surface area (Å²) in [5.41, 5.74) is 0. The summed E-state index contributed by atoms with van der Waals surface area (Å²) in [6, 6.07) is 8.21. The summed E-state index contributed by atoms with van der Waals surface area (Å²) < 4.78 is 1.08. The highest BCUT2D eigenvalue weighted by molar-refractivity contribution is 9.10. The van der Waals surface area contributed by atoms with Gasteiger partial charge in [-0.15, -0.1) is 11.8 Å². The molecule has 0 saturated heterocycles. The zero-order valence-corrected chi connectivity index (χ0v) is 13.1. The smallest absolute Gasteiger partial charge is 0.221 e. The Bertz CT molecular complexity index is 370. The number of carbonyl (C=O) groups is 1. The molecular formula is C13H19BrN2OS. The average Bonchev–Trinajstić information content (AvgIpc) is 2.36. The number of rotatable bonds is 7. The van der Waals surface area contributed by atoms with E-state index in [1.807, 2.05) is 19.2 Å². The lowest BCUT2D eigenvalue weighted by atomic mass is 10.4. The number of amides is 1. The van der Waals surface area contributed by atoms with Gasteiger partial charge < -0.3 is 10.6 Å². The van der Waals surface area contributed by atoms with E-state index in [0.29, 0.717) is 18.2 Å². The van der Waals surface area contributed by atoms with Crippen molar-refractivity contribution in [3.05, 3.63) is 28.7 Å². The number of benzene rings is 1. The predicted octanol–water partition coefficient (Wildman–Crippen LogP) is 2.66. The third kappa shape index (κ3) is 6.42. The summed E-state index contributed by atoms with van der Waals surface area (Å²) in [5, 5.41) is 6.27. The van der Waals surface area contributed by atoms with Gasteiger partial charge in [-0.3, -0.25) is 4.79 Å². The first kappa shape index (κ1) is 15.5. The predicted molar refractivity (Wildman–Crippen MR) is 81.0 cm³/mol. The molecule has 0 aliphatic rings. The SMILES string of the molecule is CNCCC(=O)NCC(C)Sc1ccc(Br)cc1. The van der Waals surface area contributed by atoms with Crippen LogP contribution in [0.2, 0.25) is 0 Å². The van der Waals surface area contributed by atoms with E-state index in [1.165, 1.54) is 4.90 Å². The Morgan fingerprint density at radius 1 is 1.39 bits per heavy atom. The van der Waals surface area contributed by atoms with Gasteiger partial charge in [0, 0.05) is 34.1 Å². The average molecular weight is 331 g/mol. The second-order valence-corrected chi connectivity index (χ2v) is 6.47. The van der Waals surface area contributed by atoms with Crippen molar-refractivity contribution in [1.29, 1.82) is 0 Å². The Labute approximate surface area is 121 Å². The van der Waals surface area contributed by atoms with Crippen LogP contribution in [0.1, 0.15) is 13.3 Å². The first-order valence-electron chi connectivity index (χ1n) is 5.95. The fraction of sp³-hybridized carbons (Fsp3) is 0.462. The number of carbonyl (C=O) groups excluding carboxylic acids is 1. The van der Waals surface area contributed by atoms with Gasteiger partial charge in [-0.05, 0) is 31.3 Å². The highest BCUT2D eigenvalue weighted by Gasteiger charge is 2.06. The van der Waals surface area contributed by atoms with Crippen LogP contribution in [0.4, 0.5) is 0 Å². The summed E-state index contributed by atoms with van der Waals surface area (Å²) in [6.45, 7) is 3.54. The molecule has 0 fully saturated rings. The quantitative estimate of drug-likeness (QED) is 0.755. The number of halogens is 1. The molecule has 0 saturated carbocycles. The molecule has 1 amide bonds. The molecule has 0 spiro atoms. The van der Waals surface area contributed by atoms with E-state index >= 15 is 0 Å². The Kier molecular flexibility index (Phi) is 7.39. The molecule has 3 nitrogen and oxygen atoms in total. The molecule has 1 unspecified atom stereocenters. The monoisotopic (exact) mass is 330 g/mol. The van der Waals surface area contributed by atoms with Gasteiger partial charge in [0.1, 0.15) is 0 Å². The molecule has 0 bridgehead atoms. The number of nitrogens with one attached hydrogen (secondary N) is 2. The Morgan fingerprint density at radius 2 is 2.06 bits per heavy atom. The minimum absolute atomic E-state index is 0.104. The van der Waals surface area contributed by atoms with Crippen molar-refractivity contribution in [3.63, 3.8) is 0 Å². The molecule has 5 heteroatoms. The van der Waals surface area contributed by atoms with Crippen molar-refractivity contribution in [2.24, 2.45) is 0 Å². The maximum absolute atomic E-state index is 11.4. The van der Waals surface area contributed by atoms with Gasteiger partial charge in [0.25, 0.3) is 0 Å². The minimum Gasteiger partial charge on any atom is -0.355 e. The van der Waals surface area contributed by atoms with E-state index in [0.717, 1.165) is 11.0 Å². The van der Waals surface area contributed by atoms with Crippen molar-refractivity contribution in [3.8, 4) is 0 Å². The van der Waals surface area contributed by atoms with E-state index in [2.05, 4.69) is 45.6 Å². The van der Waals surface area contributed by atoms with Crippen LogP contribution in [0, 0.1) is 0 Å². The number of hydrogen-bond acceptors (Lipinski definition) is 3. The Morgan fingerprint density at radius 3 is 2.67 bits per heavy atom. The van der Waals surface area contributed by atoms with E-state index in [1.54, 1.807) is 11.8 Å². The summed E-state index contributed by atoms with van der Waals surface area (Å²) in [5.74, 6) is 0.104. The van der Waals surface area contributed by atoms with Gasteiger partial charge in [-0.1, -0.05) is 22.9 Å². The van der Waals surface area contributed by atoms with Gasteiger partial charge >= 0.3 is 0 Å². The van der Waals surface area contributed by atoms with Gasteiger partial charge in [0.2, 0.25) is 5.91 Å². The van der Waals surface area contributed by atoms with Crippen LogP contribution in [0.15, 0.2) is 33.6 Å². The first-order chi connectivity index (χ1) is 8.61. The molecule has 0 radical (unpaired) electrons. The van der Waals surface area contributed by atoms with Crippen LogP contribution in [-0.4, -0.2) is 31.3 Å². The molecule has 0 aliphatic carbocycles. The van der Waals surface area contributed by atoms with Crippen molar-refractivity contribution >= 4 is 33.6 Å². The largest absolute Gasteiger partial charge is 0.355 e. The van der Waals surface area contributed by atoms with Crippen LogP contribution < -0.4 is 10.6 Å². The molecule has 2 N–H and O–H groups in total. The van der Waals surface area contributed by atoms with Gasteiger partial charge in [-0.25, -0.2) is 0 Å². The molecule has 1 aromatic rings. The van der Waals surface area contributed by atoms with E-state index in [9.17, 15) is 4.79 Å². The van der Waals surface area contributed by atoms with E-state index < -0.39 is 0 Å². The Balaban J connectivity index is 2.27. The second kappa shape index (κ2) is 8.56. The van der Waals surface area contributed by atoms with Crippen LogP contribution in [0.3, 0.4) is 0 Å². The van der Waals surface area contributed by atoms with Crippen LogP contribution >= 0.6 is 27.7 Å². The first-order valence-corrected chi connectivity index (χ1v) is 7.62. The minimum atomic E-state index is 0.104. The maximum atomic E-state index is 11.4. The second-order valence-electron chi connectivity index (χ2n) is 4.04. The third-order valence-corrected chi connectivity index (χ3v) is 3.98. The lowest BCUT2D eigenvalue weighted by Gasteiger charge is -2.12. The summed E-state index contributed by atoms with van der Waals surface area (Å²) >= 11 is 5.18. The van der Waals surface area contributed by atoms with Gasteiger partial charge in [0.15, 0.2) is 0 Å². The van der Waals surface area contributed by atoms with Crippen molar-refractivity contribution in [2.45, 2.75) is 23.5 Å². The molecule has 1 aromatic carbocycles. The molecule has 100 valence electrons. The normalized spacial score (nSPS) is 12.2. The molecule has 0 heterocycles. The summed E-state index contributed by atoms with van der Waals surface area (Å²) in [6.07, 6.45) is 0.534. The lowest BCUT2D eigenvalue weighted by Crippen LogP contribution is -2.31. The molecule has 1 rings (SSSR count). The standard InChI is InChI=1S/C13H19BrN2OS/c1-10(9-16-13(17)7-8-15-2)18-12-5-3-11(14)4-6-12/h3-6,10,15H,7-9H2,1-2H3,(H,16,17). The van der Waals surface area contributed by atoms with Crippen molar-refractivity contribution < 1.29 is 4.79 Å². The lowest BCUT2D eigenvalue weighted by molar-refractivity contribution is -0.120. The highest BCUT2D eigenvalue weighted by Crippen LogP contribution is 2.24. The van der Waals surface area contributed by atoms with E-state index in [-0.39, 0.29) is 5.91 Å². The van der Waals surface area contributed by atoms with Gasteiger partial charge in [0.05, 0.1) is 0 Å². The molecule has 0 aromatic heterocycles. The topological polar surface area (TPSA) is 41.1 Å². The van der Waals surface area contributed by atoms with Crippen LogP contribution in [-0.2, 0) is 4.79 Å². The molecule has 0 aliphatic heterocycles. The van der Waals surface area contributed by atoms with E-state index in [4.69, 9.17) is 0 Å². The van der Waals surface area contributed by atoms with Gasteiger partial charge in [-0.2, -0.15) is 0 Å². The third-order valence-electron chi connectivity index (χ3n) is 2.34. The fourth-order valence-corrected chi connectivity index (χ4v) is 2.56. The highest BCUT2D eigenvalue weighted by atomic mass is 79.9. The Hall–Kier alpha value is -0.520. The fourth-order valence-electron chi connectivity index (χ4n) is 1.37. The molecule has 18 heavy (non-hydrogen) atoms. The number of hydrogen-bond donors (Lipinski definition) is 2. The van der Waals surface area contributed by atoms with Crippen molar-refractivity contribution in [1.82, 2.24) is 10.6 Å². The van der Waals surface area contributed by atoms with Crippen LogP contribution in [0.25, 0.3) is 0 Å². The zero-order chi connectivity index (χ0) is 13.4. The maximum Gasteiger partial charge on any atom is 0.221 e. The molecular weight excluding hydrogens is 312 g/mol. The molecule has 1 atom stereocenters. The summed E-state index contributed by atoms with van der Waals surface area (Å²) in [4.78, 5) is 12.7. The van der Waals surface area contributed by atoms with Crippen LogP contribution in [0.5, 0.6) is 0 Å². The number of thioether (sulfide) groups is 1.